The van der Waals surface area contributed by atoms with E-state index in [9.17, 15) is 4.79 Å². The van der Waals surface area contributed by atoms with Crippen LogP contribution in [0, 0.1) is 0 Å². The third-order valence-corrected chi connectivity index (χ3v) is 3.23. The highest BCUT2D eigenvalue weighted by Gasteiger charge is 2.16. The van der Waals surface area contributed by atoms with E-state index < -0.39 is 0 Å². The van der Waals surface area contributed by atoms with E-state index >= 15 is 0 Å². The minimum absolute atomic E-state index is 0.340. The van der Waals surface area contributed by atoms with E-state index in [0.29, 0.717) is 12.1 Å². The van der Waals surface area contributed by atoms with Crippen molar-refractivity contribution >= 4 is 11.7 Å². The molecule has 112 valence electrons. The molecule has 6 heteroatoms. The standard InChI is InChI=1S/C15H20N4O2/c1-4-9-19-14(16-11-17-19)10-18(2)13-8-6-5-7-12(13)15(20)21-3/h5-8,11H,4,9-10H2,1-3H3. The van der Waals surface area contributed by atoms with Crippen LogP contribution in [-0.4, -0.2) is 34.9 Å². The molecule has 0 unspecified atom stereocenters. The fourth-order valence-electron chi connectivity index (χ4n) is 2.20. The van der Waals surface area contributed by atoms with Crippen LogP contribution in [0.5, 0.6) is 0 Å². The zero-order chi connectivity index (χ0) is 15.2. The number of benzene rings is 1. The Morgan fingerprint density at radius 1 is 1.38 bits per heavy atom. The van der Waals surface area contributed by atoms with E-state index in [1.807, 2.05) is 34.8 Å². The quantitative estimate of drug-likeness (QED) is 0.762. The number of rotatable bonds is 6. The molecule has 0 atom stereocenters. The summed E-state index contributed by atoms with van der Waals surface area (Å²) >= 11 is 0. The number of anilines is 1. The van der Waals surface area contributed by atoms with Gasteiger partial charge in [0.2, 0.25) is 0 Å². The van der Waals surface area contributed by atoms with E-state index in [1.54, 1.807) is 12.4 Å². The Hall–Kier alpha value is -2.37. The molecule has 21 heavy (non-hydrogen) atoms. The van der Waals surface area contributed by atoms with Gasteiger partial charge in [-0.25, -0.2) is 14.5 Å². The summed E-state index contributed by atoms with van der Waals surface area (Å²) in [7, 11) is 3.31. The fraction of sp³-hybridized carbons (Fsp3) is 0.400. The van der Waals surface area contributed by atoms with Crippen LogP contribution in [0.2, 0.25) is 0 Å². The van der Waals surface area contributed by atoms with E-state index in [-0.39, 0.29) is 5.97 Å². The van der Waals surface area contributed by atoms with Crippen molar-refractivity contribution in [3.8, 4) is 0 Å². The number of carbonyl (C=O) groups is 1. The molecule has 0 bridgehead atoms. The number of aryl methyl sites for hydroxylation is 1. The molecule has 0 aliphatic heterocycles. The van der Waals surface area contributed by atoms with E-state index in [4.69, 9.17) is 4.74 Å². The number of hydrogen-bond acceptors (Lipinski definition) is 5. The van der Waals surface area contributed by atoms with Gasteiger partial charge in [0.15, 0.2) is 0 Å². The maximum Gasteiger partial charge on any atom is 0.339 e. The average Bonchev–Trinajstić information content (AvgIpc) is 2.94. The van der Waals surface area contributed by atoms with Crippen LogP contribution in [0.1, 0.15) is 29.5 Å². The lowest BCUT2D eigenvalue weighted by Crippen LogP contribution is -2.22. The van der Waals surface area contributed by atoms with Crippen molar-refractivity contribution in [2.45, 2.75) is 26.4 Å². The molecular formula is C15H20N4O2. The van der Waals surface area contributed by atoms with Gasteiger partial charge in [-0.3, -0.25) is 0 Å². The molecule has 1 aromatic heterocycles. The molecule has 0 spiro atoms. The molecule has 0 N–H and O–H groups in total. The van der Waals surface area contributed by atoms with Gasteiger partial charge in [0.05, 0.1) is 24.9 Å². The van der Waals surface area contributed by atoms with Gasteiger partial charge in [-0.1, -0.05) is 19.1 Å². The normalized spacial score (nSPS) is 10.4. The predicted octanol–water partition coefficient (Wildman–Crippen LogP) is 2.11. The lowest BCUT2D eigenvalue weighted by Gasteiger charge is -2.21. The third kappa shape index (κ3) is 3.39. The highest BCUT2D eigenvalue weighted by atomic mass is 16.5. The Labute approximate surface area is 124 Å². The van der Waals surface area contributed by atoms with Crippen LogP contribution in [0.3, 0.4) is 0 Å². The SMILES string of the molecule is CCCn1ncnc1CN(C)c1ccccc1C(=O)OC. The fourth-order valence-corrected chi connectivity index (χ4v) is 2.20. The molecule has 2 rings (SSSR count). The highest BCUT2D eigenvalue weighted by molar-refractivity contribution is 5.95. The maximum absolute atomic E-state index is 11.8. The first-order chi connectivity index (χ1) is 10.2. The second-order valence-electron chi connectivity index (χ2n) is 4.76. The number of nitrogens with zero attached hydrogens (tertiary/aromatic N) is 4. The lowest BCUT2D eigenvalue weighted by molar-refractivity contribution is 0.0601. The number of aromatic nitrogens is 3. The summed E-state index contributed by atoms with van der Waals surface area (Å²) in [5.41, 5.74) is 1.36. The number of ether oxygens (including phenoxy) is 1. The maximum atomic E-state index is 11.8. The summed E-state index contributed by atoms with van der Waals surface area (Å²) in [6.45, 7) is 3.51. The van der Waals surface area contributed by atoms with Crippen LogP contribution in [0.15, 0.2) is 30.6 Å². The first kappa shape index (κ1) is 15.0. The molecule has 0 fully saturated rings. The minimum atomic E-state index is -0.340. The van der Waals surface area contributed by atoms with Crippen molar-refractivity contribution < 1.29 is 9.53 Å². The number of esters is 1. The third-order valence-electron chi connectivity index (χ3n) is 3.23. The Kier molecular flexibility index (Phi) is 4.92. The smallest absolute Gasteiger partial charge is 0.339 e. The molecule has 2 aromatic rings. The molecule has 0 saturated heterocycles. The molecule has 0 aliphatic carbocycles. The van der Waals surface area contributed by atoms with Gasteiger partial charge in [-0.05, 0) is 18.6 Å². The zero-order valence-corrected chi connectivity index (χ0v) is 12.6. The summed E-state index contributed by atoms with van der Waals surface area (Å²) in [6, 6.07) is 7.37. The van der Waals surface area contributed by atoms with Crippen molar-refractivity contribution in [1.29, 1.82) is 0 Å². The summed E-state index contributed by atoms with van der Waals surface area (Å²) in [5, 5.41) is 4.21. The monoisotopic (exact) mass is 288 g/mol. The second kappa shape index (κ2) is 6.88. The van der Waals surface area contributed by atoms with Crippen LogP contribution in [0.4, 0.5) is 5.69 Å². The predicted molar refractivity (Wildman–Crippen MR) is 80.2 cm³/mol. The summed E-state index contributed by atoms with van der Waals surface area (Å²) in [6.07, 6.45) is 2.56. The molecule has 6 nitrogen and oxygen atoms in total. The first-order valence-electron chi connectivity index (χ1n) is 6.92. The largest absolute Gasteiger partial charge is 0.465 e. The summed E-state index contributed by atoms with van der Waals surface area (Å²) in [5.74, 6) is 0.534. The number of carbonyl (C=O) groups excluding carboxylic acids is 1. The number of methoxy groups -OCH3 is 1. The Bertz CT molecular complexity index is 609. The molecule has 0 aliphatic rings. The van der Waals surface area contributed by atoms with Crippen LogP contribution >= 0.6 is 0 Å². The number of para-hydroxylation sites is 1. The summed E-state index contributed by atoms with van der Waals surface area (Å²) in [4.78, 5) is 18.1. The topological polar surface area (TPSA) is 60.2 Å². The molecule has 0 saturated carbocycles. The molecule has 1 aromatic carbocycles. The van der Waals surface area contributed by atoms with E-state index in [2.05, 4.69) is 17.0 Å². The Morgan fingerprint density at radius 2 is 2.14 bits per heavy atom. The molecule has 0 amide bonds. The van der Waals surface area contributed by atoms with E-state index in [1.165, 1.54) is 7.11 Å². The second-order valence-corrected chi connectivity index (χ2v) is 4.76. The zero-order valence-electron chi connectivity index (χ0n) is 12.6. The van der Waals surface area contributed by atoms with Crippen molar-refractivity contribution in [1.82, 2.24) is 14.8 Å². The van der Waals surface area contributed by atoms with Gasteiger partial charge in [0.1, 0.15) is 12.2 Å². The van der Waals surface area contributed by atoms with Crippen molar-refractivity contribution in [2.24, 2.45) is 0 Å². The van der Waals surface area contributed by atoms with Crippen LogP contribution < -0.4 is 4.90 Å². The number of hydrogen-bond donors (Lipinski definition) is 0. The van der Waals surface area contributed by atoms with Crippen LogP contribution in [-0.2, 0) is 17.8 Å². The van der Waals surface area contributed by atoms with Crippen molar-refractivity contribution in [3.63, 3.8) is 0 Å². The average molecular weight is 288 g/mol. The van der Waals surface area contributed by atoms with Gasteiger partial charge >= 0.3 is 5.97 Å². The van der Waals surface area contributed by atoms with E-state index in [0.717, 1.165) is 24.5 Å². The van der Waals surface area contributed by atoms with Crippen molar-refractivity contribution in [3.05, 3.63) is 42.0 Å². The molecule has 1 heterocycles. The molecule has 0 radical (unpaired) electrons. The first-order valence-corrected chi connectivity index (χ1v) is 6.92. The van der Waals surface area contributed by atoms with Crippen molar-refractivity contribution in [2.75, 3.05) is 19.1 Å². The Balaban J connectivity index is 2.22. The van der Waals surface area contributed by atoms with Gasteiger partial charge in [-0.2, -0.15) is 5.10 Å². The lowest BCUT2D eigenvalue weighted by atomic mass is 10.1. The highest BCUT2D eigenvalue weighted by Crippen LogP contribution is 2.21. The minimum Gasteiger partial charge on any atom is -0.465 e. The summed E-state index contributed by atoms with van der Waals surface area (Å²) < 4.78 is 6.71. The van der Waals surface area contributed by atoms with Gasteiger partial charge in [0.25, 0.3) is 0 Å². The Morgan fingerprint density at radius 3 is 2.86 bits per heavy atom. The van der Waals surface area contributed by atoms with Crippen LogP contribution in [0.25, 0.3) is 0 Å². The van der Waals surface area contributed by atoms with Gasteiger partial charge in [0, 0.05) is 13.6 Å². The molecular weight excluding hydrogens is 268 g/mol. The van der Waals surface area contributed by atoms with Gasteiger partial charge in [-0.15, -0.1) is 0 Å². The van der Waals surface area contributed by atoms with Gasteiger partial charge < -0.3 is 9.64 Å².